The highest BCUT2D eigenvalue weighted by molar-refractivity contribution is 6.34. The van der Waals surface area contributed by atoms with Crippen LogP contribution in [0, 0.1) is 0 Å². The van der Waals surface area contributed by atoms with Crippen molar-refractivity contribution in [1.82, 2.24) is 4.90 Å². The summed E-state index contributed by atoms with van der Waals surface area (Å²) in [6.07, 6.45) is -0.00521. The lowest BCUT2D eigenvalue weighted by Gasteiger charge is -2.35. The molecule has 3 rings (SSSR count). The van der Waals surface area contributed by atoms with Crippen LogP contribution >= 0.6 is 0 Å². The summed E-state index contributed by atoms with van der Waals surface area (Å²) in [6, 6.07) is 3.65. The van der Waals surface area contributed by atoms with E-state index in [9.17, 15) is 9.59 Å². The van der Waals surface area contributed by atoms with Gasteiger partial charge in [0, 0.05) is 11.6 Å². The number of ether oxygens (including phenoxy) is 3. The van der Waals surface area contributed by atoms with E-state index in [2.05, 4.69) is 0 Å². The summed E-state index contributed by atoms with van der Waals surface area (Å²) in [7, 11) is 0. The first kappa shape index (κ1) is 14.7. The Balaban J connectivity index is 2.07. The van der Waals surface area contributed by atoms with Gasteiger partial charge < -0.3 is 14.2 Å². The first-order valence-electron chi connectivity index (χ1n) is 7.52. The Morgan fingerprint density at radius 3 is 2.45 bits per heavy atom. The van der Waals surface area contributed by atoms with Crippen LogP contribution in [-0.4, -0.2) is 36.0 Å². The summed E-state index contributed by atoms with van der Waals surface area (Å²) in [6.45, 7) is 6.76. The van der Waals surface area contributed by atoms with E-state index in [-0.39, 0.29) is 6.04 Å². The molecule has 0 spiro atoms. The van der Waals surface area contributed by atoms with Gasteiger partial charge in [-0.05, 0) is 44.9 Å². The molecular formula is C16H19NO5. The van der Waals surface area contributed by atoms with Gasteiger partial charge in [0.25, 0.3) is 0 Å². The molecule has 0 unspecified atom stereocenters. The van der Waals surface area contributed by atoms with E-state index in [4.69, 9.17) is 14.2 Å². The molecular weight excluding hydrogens is 286 g/mol. The number of nitrogens with zero attached hydrogens (tertiary/aromatic N) is 1. The molecule has 0 saturated carbocycles. The first-order chi connectivity index (χ1) is 10.6. The quantitative estimate of drug-likeness (QED) is 0.627. The number of rotatable bonds is 4. The summed E-state index contributed by atoms with van der Waals surface area (Å²) < 4.78 is 16.5. The van der Waals surface area contributed by atoms with Crippen molar-refractivity contribution >= 4 is 11.9 Å². The zero-order valence-electron chi connectivity index (χ0n) is 12.9. The summed E-state index contributed by atoms with van der Waals surface area (Å²) in [5.41, 5.74) is 1.81. The zero-order chi connectivity index (χ0) is 15.9. The standard InChI is InChI=1S/C16H19NO5/c1-4-20-12-7-10-6-9(3)17-14(18)16(19)22-15(17)11(10)8-13(12)21-5-2/h7-9,15H,4-6H2,1-3H3/t9-,15-/m1/s1. The molecule has 0 aliphatic carbocycles. The van der Waals surface area contributed by atoms with Crippen molar-refractivity contribution < 1.29 is 23.8 Å². The topological polar surface area (TPSA) is 65.1 Å². The number of carbonyl (C=O) groups is 2. The predicted molar refractivity (Wildman–Crippen MR) is 77.6 cm³/mol. The van der Waals surface area contributed by atoms with Gasteiger partial charge in [0.1, 0.15) is 0 Å². The number of carbonyl (C=O) groups excluding carboxylic acids is 2. The molecule has 6 nitrogen and oxygen atoms in total. The summed E-state index contributed by atoms with van der Waals surface area (Å²) in [4.78, 5) is 25.0. The van der Waals surface area contributed by atoms with E-state index in [1.165, 1.54) is 4.90 Å². The molecule has 0 bridgehead atoms. The average molecular weight is 305 g/mol. The second-order valence-electron chi connectivity index (χ2n) is 5.39. The molecule has 1 amide bonds. The molecule has 0 N–H and O–H groups in total. The van der Waals surface area contributed by atoms with E-state index >= 15 is 0 Å². The fourth-order valence-corrected chi connectivity index (χ4v) is 3.04. The van der Waals surface area contributed by atoms with Gasteiger partial charge in [-0.15, -0.1) is 0 Å². The third-order valence-electron chi connectivity index (χ3n) is 3.94. The van der Waals surface area contributed by atoms with Gasteiger partial charge in [0.2, 0.25) is 6.23 Å². The maximum absolute atomic E-state index is 11.9. The van der Waals surface area contributed by atoms with Crippen LogP contribution < -0.4 is 9.47 Å². The van der Waals surface area contributed by atoms with E-state index < -0.39 is 18.1 Å². The minimum absolute atomic E-state index is 0.0936. The highest BCUT2D eigenvalue weighted by Crippen LogP contribution is 2.42. The van der Waals surface area contributed by atoms with Gasteiger partial charge in [0.15, 0.2) is 11.5 Å². The summed E-state index contributed by atoms with van der Waals surface area (Å²) in [5.74, 6) is -0.0843. The third-order valence-corrected chi connectivity index (χ3v) is 3.94. The van der Waals surface area contributed by atoms with Crippen molar-refractivity contribution in [1.29, 1.82) is 0 Å². The van der Waals surface area contributed by atoms with Crippen molar-refractivity contribution in [2.45, 2.75) is 39.5 Å². The number of benzene rings is 1. The molecule has 0 aromatic heterocycles. The highest BCUT2D eigenvalue weighted by Gasteiger charge is 2.47. The smallest absolute Gasteiger partial charge is 0.399 e. The monoisotopic (exact) mass is 305 g/mol. The van der Waals surface area contributed by atoms with Gasteiger partial charge in [-0.25, -0.2) is 4.79 Å². The number of amides is 1. The van der Waals surface area contributed by atoms with Crippen molar-refractivity contribution in [2.24, 2.45) is 0 Å². The van der Waals surface area contributed by atoms with E-state index in [0.717, 1.165) is 11.1 Å². The molecule has 0 radical (unpaired) electrons. The fraction of sp³-hybridized carbons (Fsp3) is 0.500. The van der Waals surface area contributed by atoms with Crippen LogP contribution in [0.3, 0.4) is 0 Å². The van der Waals surface area contributed by atoms with Crippen molar-refractivity contribution in [2.75, 3.05) is 13.2 Å². The minimum atomic E-state index is -0.795. The van der Waals surface area contributed by atoms with E-state index in [1.807, 2.05) is 32.9 Å². The average Bonchev–Trinajstić information content (AvgIpc) is 2.78. The molecule has 22 heavy (non-hydrogen) atoms. The SMILES string of the molecule is CCOc1cc2c(cc1OCC)[C@H]1OC(=O)C(=O)N1[C@H](C)C2. The minimum Gasteiger partial charge on any atom is -0.490 e. The molecule has 1 aromatic carbocycles. The number of hydrogen-bond donors (Lipinski definition) is 0. The Kier molecular flexibility index (Phi) is 3.68. The van der Waals surface area contributed by atoms with E-state index in [0.29, 0.717) is 31.1 Å². The number of esters is 1. The van der Waals surface area contributed by atoms with Crippen LogP contribution in [0.25, 0.3) is 0 Å². The second kappa shape index (κ2) is 5.51. The predicted octanol–water partition coefficient (Wildman–Crippen LogP) is 1.81. The van der Waals surface area contributed by atoms with Crippen LogP contribution in [0.5, 0.6) is 11.5 Å². The zero-order valence-corrected chi connectivity index (χ0v) is 12.9. The molecule has 1 fully saturated rings. The van der Waals surface area contributed by atoms with Gasteiger partial charge in [-0.2, -0.15) is 0 Å². The summed E-state index contributed by atoms with van der Waals surface area (Å²) >= 11 is 0. The lowest BCUT2D eigenvalue weighted by atomic mass is 9.93. The lowest BCUT2D eigenvalue weighted by Crippen LogP contribution is -2.42. The van der Waals surface area contributed by atoms with Gasteiger partial charge >= 0.3 is 11.9 Å². The Morgan fingerprint density at radius 2 is 1.82 bits per heavy atom. The van der Waals surface area contributed by atoms with Gasteiger partial charge in [-0.1, -0.05) is 0 Å². The van der Waals surface area contributed by atoms with Gasteiger partial charge in [0.05, 0.1) is 13.2 Å². The first-order valence-corrected chi connectivity index (χ1v) is 7.52. The Morgan fingerprint density at radius 1 is 1.18 bits per heavy atom. The molecule has 2 aliphatic heterocycles. The number of hydrogen-bond acceptors (Lipinski definition) is 5. The molecule has 2 heterocycles. The van der Waals surface area contributed by atoms with Crippen LogP contribution in [0.2, 0.25) is 0 Å². The van der Waals surface area contributed by atoms with E-state index in [1.54, 1.807) is 0 Å². The van der Waals surface area contributed by atoms with Crippen LogP contribution in [0.4, 0.5) is 0 Å². The van der Waals surface area contributed by atoms with Crippen molar-refractivity contribution in [3.63, 3.8) is 0 Å². The maximum atomic E-state index is 11.9. The van der Waals surface area contributed by atoms with Crippen LogP contribution in [0.15, 0.2) is 12.1 Å². The Hall–Kier alpha value is -2.24. The molecule has 1 saturated heterocycles. The maximum Gasteiger partial charge on any atom is 0.399 e. The summed E-state index contributed by atoms with van der Waals surface area (Å²) in [5, 5.41) is 0. The fourth-order valence-electron chi connectivity index (χ4n) is 3.04. The molecule has 2 atom stereocenters. The second-order valence-corrected chi connectivity index (χ2v) is 5.39. The Bertz CT molecular complexity index is 627. The third kappa shape index (κ3) is 2.19. The molecule has 2 aliphatic rings. The normalized spacial score (nSPS) is 23.0. The van der Waals surface area contributed by atoms with Crippen LogP contribution in [0.1, 0.15) is 38.1 Å². The molecule has 6 heteroatoms. The largest absolute Gasteiger partial charge is 0.490 e. The number of fused-ring (bicyclic) bond motifs is 3. The Labute approximate surface area is 128 Å². The highest BCUT2D eigenvalue weighted by atomic mass is 16.6. The van der Waals surface area contributed by atoms with Crippen molar-refractivity contribution in [3.8, 4) is 11.5 Å². The van der Waals surface area contributed by atoms with Crippen molar-refractivity contribution in [3.05, 3.63) is 23.3 Å². The lowest BCUT2D eigenvalue weighted by molar-refractivity contribution is -0.149. The van der Waals surface area contributed by atoms with Crippen LogP contribution in [-0.2, 0) is 20.7 Å². The molecule has 118 valence electrons. The van der Waals surface area contributed by atoms with Gasteiger partial charge in [-0.3, -0.25) is 9.69 Å². The molecule has 1 aromatic rings.